The minimum absolute atomic E-state index is 0.715. The molecule has 0 bridgehead atoms. The van der Waals surface area contributed by atoms with E-state index in [1.165, 1.54) is 23.2 Å². The lowest BCUT2D eigenvalue weighted by Crippen LogP contribution is -2.11. The third kappa shape index (κ3) is 3.66. The summed E-state index contributed by atoms with van der Waals surface area (Å²) in [6.07, 6.45) is 4.23. The molecule has 0 saturated heterocycles. The molecule has 0 aliphatic carbocycles. The van der Waals surface area contributed by atoms with Crippen LogP contribution in [-0.2, 0) is 6.42 Å². The molecule has 1 heteroatoms. The Balaban J connectivity index is 2.20. The zero-order valence-corrected chi connectivity index (χ0v) is 12.1. The van der Waals surface area contributed by atoms with E-state index < -0.39 is 0 Å². The van der Waals surface area contributed by atoms with Crippen LogP contribution in [0, 0.1) is 11.8 Å². The molecule has 0 saturated carbocycles. The van der Waals surface area contributed by atoms with Crippen LogP contribution in [0.5, 0.6) is 0 Å². The smallest absolute Gasteiger partial charge is 0.0412 e. The number of nitrogens with zero attached hydrogens (tertiary/aromatic N) is 1. The predicted molar refractivity (Wildman–Crippen MR) is 82.0 cm³/mol. The van der Waals surface area contributed by atoms with Crippen molar-refractivity contribution in [1.82, 2.24) is 4.98 Å². The summed E-state index contributed by atoms with van der Waals surface area (Å²) in [4.78, 5) is 4.54. The van der Waals surface area contributed by atoms with Crippen LogP contribution in [0.15, 0.2) is 48.7 Å². The van der Waals surface area contributed by atoms with E-state index in [4.69, 9.17) is 0 Å². The average molecular weight is 253 g/mol. The minimum atomic E-state index is 0.715. The molecule has 19 heavy (non-hydrogen) atoms. The van der Waals surface area contributed by atoms with Crippen LogP contribution in [0.1, 0.15) is 32.9 Å². The van der Waals surface area contributed by atoms with Crippen molar-refractivity contribution >= 4 is 0 Å². The van der Waals surface area contributed by atoms with Gasteiger partial charge >= 0.3 is 0 Å². The molecule has 2 aromatic rings. The Labute approximate surface area is 116 Å². The third-order valence-electron chi connectivity index (χ3n) is 3.86. The Morgan fingerprint density at radius 1 is 1.00 bits per heavy atom. The Morgan fingerprint density at radius 2 is 1.74 bits per heavy atom. The normalized spacial score (nSPS) is 12.6. The number of hydrogen-bond donors (Lipinski definition) is 0. The SMILES string of the molecule is CC[C@@H](Cc1cc(-c2ccccc2)ccn1)C(C)C. The van der Waals surface area contributed by atoms with Gasteiger partial charge in [0.1, 0.15) is 0 Å². The van der Waals surface area contributed by atoms with E-state index in [0.717, 1.165) is 12.3 Å². The second kappa shape index (κ2) is 6.51. The predicted octanol–water partition coefficient (Wildman–Crippen LogP) is 4.97. The van der Waals surface area contributed by atoms with Crippen LogP contribution in [0.3, 0.4) is 0 Å². The fourth-order valence-corrected chi connectivity index (χ4v) is 2.52. The topological polar surface area (TPSA) is 12.9 Å². The standard InChI is InChI=1S/C18H23N/c1-4-15(14(2)3)12-18-13-17(10-11-19-18)16-8-6-5-7-9-16/h5-11,13-15H,4,12H2,1-3H3/t15-/m0/s1. The highest BCUT2D eigenvalue weighted by Gasteiger charge is 2.12. The zero-order valence-electron chi connectivity index (χ0n) is 12.1. The van der Waals surface area contributed by atoms with E-state index in [-0.39, 0.29) is 0 Å². The van der Waals surface area contributed by atoms with Gasteiger partial charge in [-0.1, -0.05) is 57.5 Å². The highest BCUT2D eigenvalue weighted by atomic mass is 14.7. The molecule has 100 valence electrons. The molecule has 0 fully saturated rings. The van der Waals surface area contributed by atoms with Crippen LogP contribution >= 0.6 is 0 Å². The minimum Gasteiger partial charge on any atom is -0.261 e. The number of hydrogen-bond acceptors (Lipinski definition) is 1. The van der Waals surface area contributed by atoms with Crippen molar-refractivity contribution in [3.63, 3.8) is 0 Å². The van der Waals surface area contributed by atoms with Crippen molar-refractivity contribution in [1.29, 1.82) is 0 Å². The second-order valence-corrected chi connectivity index (χ2v) is 5.52. The van der Waals surface area contributed by atoms with E-state index in [1.807, 2.05) is 6.20 Å². The van der Waals surface area contributed by atoms with Crippen LogP contribution in [0.2, 0.25) is 0 Å². The maximum atomic E-state index is 4.54. The molecule has 1 nitrogen and oxygen atoms in total. The van der Waals surface area contributed by atoms with Gasteiger partial charge in [-0.05, 0) is 41.5 Å². The molecule has 0 unspecified atom stereocenters. The molecule has 0 radical (unpaired) electrons. The van der Waals surface area contributed by atoms with Gasteiger partial charge in [0.25, 0.3) is 0 Å². The molecule has 1 aromatic carbocycles. The number of pyridine rings is 1. The summed E-state index contributed by atoms with van der Waals surface area (Å²) in [5.74, 6) is 1.44. The molecule has 0 aliphatic rings. The summed E-state index contributed by atoms with van der Waals surface area (Å²) < 4.78 is 0. The quantitative estimate of drug-likeness (QED) is 0.733. The molecule has 1 aromatic heterocycles. The van der Waals surface area contributed by atoms with E-state index in [2.05, 4.69) is 68.2 Å². The van der Waals surface area contributed by atoms with Gasteiger partial charge in [-0.2, -0.15) is 0 Å². The first-order valence-corrected chi connectivity index (χ1v) is 7.21. The number of benzene rings is 1. The number of rotatable bonds is 5. The highest BCUT2D eigenvalue weighted by Crippen LogP contribution is 2.23. The highest BCUT2D eigenvalue weighted by molar-refractivity contribution is 5.63. The van der Waals surface area contributed by atoms with E-state index >= 15 is 0 Å². The first kappa shape index (κ1) is 13.8. The van der Waals surface area contributed by atoms with E-state index in [1.54, 1.807) is 0 Å². The fraction of sp³-hybridized carbons (Fsp3) is 0.389. The molecular formula is C18H23N. The molecule has 1 atom stereocenters. The maximum Gasteiger partial charge on any atom is 0.0412 e. The van der Waals surface area contributed by atoms with E-state index in [9.17, 15) is 0 Å². The molecule has 0 aliphatic heterocycles. The molecule has 0 amide bonds. The van der Waals surface area contributed by atoms with Crippen molar-refractivity contribution in [3.05, 3.63) is 54.4 Å². The Bertz CT molecular complexity index is 502. The van der Waals surface area contributed by atoms with Gasteiger partial charge in [0.15, 0.2) is 0 Å². The average Bonchev–Trinajstić information content (AvgIpc) is 2.45. The summed E-state index contributed by atoms with van der Waals surface area (Å²) in [5.41, 5.74) is 3.75. The second-order valence-electron chi connectivity index (χ2n) is 5.52. The van der Waals surface area contributed by atoms with Gasteiger partial charge < -0.3 is 0 Å². The largest absolute Gasteiger partial charge is 0.261 e. The van der Waals surface area contributed by atoms with Crippen LogP contribution in [-0.4, -0.2) is 4.98 Å². The Kier molecular flexibility index (Phi) is 4.73. The summed E-state index contributed by atoms with van der Waals surface area (Å²) in [5, 5.41) is 0. The summed E-state index contributed by atoms with van der Waals surface area (Å²) in [6.45, 7) is 6.87. The van der Waals surface area contributed by atoms with Crippen LogP contribution in [0.25, 0.3) is 11.1 Å². The molecule has 0 spiro atoms. The zero-order chi connectivity index (χ0) is 13.7. The molecule has 0 N–H and O–H groups in total. The summed E-state index contributed by atoms with van der Waals surface area (Å²) in [7, 11) is 0. The first-order chi connectivity index (χ1) is 9.20. The van der Waals surface area contributed by atoms with Crippen molar-refractivity contribution in [2.24, 2.45) is 11.8 Å². The fourth-order valence-electron chi connectivity index (χ4n) is 2.52. The molecule has 1 heterocycles. The van der Waals surface area contributed by atoms with Crippen molar-refractivity contribution < 1.29 is 0 Å². The van der Waals surface area contributed by atoms with Crippen molar-refractivity contribution in [2.45, 2.75) is 33.6 Å². The van der Waals surface area contributed by atoms with Gasteiger partial charge in [0.2, 0.25) is 0 Å². The van der Waals surface area contributed by atoms with Crippen molar-refractivity contribution in [2.75, 3.05) is 0 Å². The Hall–Kier alpha value is -1.63. The lowest BCUT2D eigenvalue weighted by Gasteiger charge is -2.18. The van der Waals surface area contributed by atoms with Gasteiger partial charge in [-0.3, -0.25) is 4.98 Å². The van der Waals surface area contributed by atoms with Gasteiger partial charge in [-0.25, -0.2) is 0 Å². The maximum absolute atomic E-state index is 4.54. The van der Waals surface area contributed by atoms with Gasteiger partial charge in [0.05, 0.1) is 0 Å². The van der Waals surface area contributed by atoms with Gasteiger partial charge in [-0.15, -0.1) is 0 Å². The van der Waals surface area contributed by atoms with Crippen LogP contribution < -0.4 is 0 Å². The monoisotopic (exact) mass is 253 g/mol. The summed E-state index contributed by atoms with van der Waals surface area (Å²) >= 11 is 0. The molecule has 2 rings (SSSR count). The van der Waals surface area contributed by atoms with E-state index in [0.29, 0.717) is 5.92 Å². The Morgan fingerprint density at radius 3 is 2.37 bits per heavy atom. The summed E-state index contributed by atoms with van der Waals surface area (Å²) in [6, 6.07) is 14.8. The third-order valence-corrected chi connectivity index (χ3v) is 3.86. The molecular weight excluding hydrogens is 230 g/mol. The lowest BCUT2D eigenvalue weighted by molar-refractivity contribution is 0.368. The number of aromatic nitrogens is 1. The van der Waals surface area contributed by atoms with Crippen molar-refractivity contribution in [3.8, 4) is 11.1 Å². The van der Waals surface area contributed by atoms with Gasteiger partial charge in [0, 0.05) is 11.9 Å². The lowest BCUT2D eigenvalue weighted by atomic mass is 9.88. The van der Waals surface area contributed by atoms with Crippen LogP contribution in [0.4, 0.5) is 0 Å². The first-order valence-electron chi connectivity index (χ1n) is 7.21.